The minimum atomic E-state index is -0.255. The van der Waals surface area contributed by atoms with E-state index in [-0.39, 0.29) is 12.3 Å². The lowest BCUT2D eigenvalue weighted by molar-refractivity contribution is 0.412. The number of aliphatic imine (C=N–C) groups is 1. The SMILES string of the molecule is C1=C(C2=NC(c3ccccc3)NC(c3ccc(-c4cccc5oc6ccccc6c45)c4ccccc34)N2)c2c(oc3ccccc23)NC1. The maximum Gasteiger partial charge on any atom is 0.202 e. The number of fused-ring (bicyclic) bond motifs is 7. The van der Waals surface area contributed by atoms with Crippen molar-refractivity contribution in [3.05, 3.63) is 156 Å². The zero-order valence-electron chi connectivity index (χ0n) is 25.9. The van der Waals surface area contributed by atoms with Crippen molar-refractivity contribution in [2.24, 2.45) is 4.99 Å². The fourth-order valence-electron chi connectivity index (χ4n) is 7.47. The molecule has 0 saturated carbocycles. The summed E-state index contributed by atoms with van der Waals surface area (Å²) in [5.41, 5.74) is 9.32. The Morgan fingerprint density at radius 1 is 0.583 bits per heavy atom. The smallest absolute Gasteiger partial charge is 0.202 e. The molecule has 2 aliphatic heterocycles. The van der Waals surface area contributed by atoms with Crippen LogP contribution in [0.5, 0.6) is 0 Å². The number of benzene rings is 6. The van der Waals surface area contributed by atoms with Crippen LogP contribution >= 0.6 is 0 Å². The molecule has 0 bridgehead atoms. The van der Waals surface area contributed by atoms with Crippen LogP contribution in [0.15, 0.2) is 153 Å². The second-order valence-electron chi connectivity index (χ2n) is 12.4. The van der Waals surface area contributed by atoms with Crippen LogP contribution in [0.3, 0.4) is 0 Å². The Kier molecular flexibility index (Phi) is 6.04. The Balaban J connectivity index is 1.13. The van der Waals surface area contributed by atoms with Gasteiger partial charge < -0.3 is 19.5 Å². The minimum absolute atomic E-state index is 0.218. The summed E-state index contributed by atoms with van der Waals surface area (Å²) in [6, 6.07) is 46.5. The van der Waals surface area contributed by atoms with Crippen LogP contribution in [-0.2, 0) is 0 Å². The number of hydrogen-bond donors (Lipinski definition) is 3. The molecular formula is C42H30N4O2. The molecule has 2 unspecified atom stereocenters. The Morgan fingerprint density at radius 3 is 2.15 bits per heavy atom. The van der Waals surface area contributed by atoms with Crippen LogP contribution in [0, 0.1) is 0 Å². The van der Waals surface area contributed by atoms with Crippen LogP contribution in [0.4, 0.5) is 5.88 Å². The lowest BCUT2D eigenvalue weighted by Crippen LogP contribution is -2.45. The van der Waals surface area contributed by atoms with Crippen molar-refractivity contribution in [1.82, 2.24) is 10.6 Å². The minimum Gasteiger partial charge on any atom is -0.456 e. The molecule has 8 aromatic rings. The molecule has 0 fully saturated rings. The average Bonchev–Trinajstić information content (AvgIpc) is 3.73. The van der Waals surface area contributed by atoms with E-state index in [1.807, 2.05) is 30.3 Å². The average molecular weight is 623 g/mol. The van der Waals surface area contributed by atoms with E-state index in [2.05, 4.69) is 125 Å². The molecule has 10 rings (SSSR count). The highest BCUT2D eigenvalue weighted by atomic mass is 16.4. The molecule has 4 heterocycles. The number of nitrogens with one attached hydrogen (secondary N) is 3. The highest BCUT2D eigenvalue weighted by molar-refractivity contribution is 6.28. The summed E-state index contributed by atoms with van der Waals surface area (Å²) in [4.78, 5) is 5.29. The Labute approximate surface area is 276 Å². The van der Waals surface area contributed by atoms with Crippen LogP contribution < -0.4 is 16.0 Å². The maximum absolute atomic E-state index is 6.27. The Hall–Kier alpha value is -6.11. The lowest BCUT2D eigenvalue weighted by atomic mass is 9.91. The van der Waals surface area contributed by atoms with Crippen LogP contribution in [0.25, 0.3) is 60.4 Å². The van der Waals surface area contributed by atoms with Crippen molar-refractivity contribution < 1.29 is 8.83 Å². The normalized spacial score (nSPS) is 17.6. The first-order valence-electron chi connectivity index (χ1n) is 16.3. The molecule has 3 N–H and O–H groups in total. The third kappa shape index (κ3) is 4.20. The van der Waals surface area contributed by atoms with Gasteiger partial charge in [-0.05, 0) is 51.2 Å². The molecule has 0 amide bonds. The van der Waals surface area contributed by atoms with Crippen molar-refractivity contribution in [2.75, 3.05) is 11.9 Å². The van der Waals surface area contributed by atoms with E-state index in [0.717, 1.165) is 72.5 Å². The van der Waals surface area contributed by atoms with Gasteiger partial charge in [0.1, 0.15) is 34.9 Å². The molecule has 6 aromatic carbocycles. The topological polar surface area (TPSA) is 74.7 Å². The van der Waals surface area contributed by atoms with Crippen molar-refractivity contribution in [3.63, 3.8) is 0 Å². The Bertz CT molecular complexity index is 2590. The van der Waals surface area contributed by atoms with Gasteiger partial charge in [-0.25, -0.2) is 4.99 Å². The summed E-state index contributed by atoms with van der Waals surface area (Å²) in [6.07, 6.45) is 1.73. The second-order valence-corrected chi connectivity index (χ2v) is 12.4. The first-order chi connectivity index (χ1) is 23.8. The standard InChI is InChI=1S/C42H30N4O2/c1-2-11-25(12-3-1)39-44-40(46-41(45-39)33-23-24-43-42-38(33)32-16-7-9-19-35(32)48-42)30-22-21-28(26-13-4-5-14-27(26)30)29-17-10-20-36-37(29)31-15-6-8-18-34(31)47-36/h1-23,39-40,43-44H,24H2,(H,45,46). The maximum atomic E-state index is 6.27. The highest BCUT2D eigenvalue weighted by Crippen LogP contribution is 2.42. The molecule has 0 aliphatic carbocycles. The van der Waals surface area contributed by atoms with Crippen LogP contribution in [-0.4, -0.2) is 12.4 Å². The van der Waals surface area contributed by atoms with Gasteiger partial charge in [-0.3, -0.25) is 5.32 Å². The van der Waals surface area contributed by atoms with Gasteiger partial charge in [-0.2, -0.15) is 0 Å². The summed E-state index contributed by atoms with van der Waals surface area (Å²) >= 11 is 0. The highest BCUT2D eigenvalue weighted by Gasteiger charge is 2.31. The van der Waals surface area contributed by atoms with Gasteiger partial charge in [-0.15, -0.1) is 0 Å². The molecule has 0 radical (unpaired) electrons. The van der Waals surface area contributed by atoms with Crippen LogP contribution in [0.1, 0.15) is 29.0 Å². The van der Waals surface area contributed by atoms with Gasteiger partial charge in [0.25, 0.3) is 0 Å². The number of para-hydroxylation sites is 2. The van der Waals surface area contributed by atoms with Gasteiger partial charge >= 0.3 is 0 Å². The second kappa shape index (κ2) is 10.7. The van der Waals surface area contributed by atoms with E-state index in [0.29, 0.717) is 6.54 Å². The third-order valence-corrected chi connectivity index (χ3v) is 9.63. The van der Waals surface area contributed by atoms with Gasteiger partial charge in [0.05, 0.1) is 5.56 Å². The zero-order chi connectivity index (χ0) is 31.6. The number of hydrogen-bond acceptors (Lipinski definition) is 6. The van der Waals surface area contributed by atoms with Crippen molar-refractivity contribution in [2.45, 2.75) is 12.3 Å². The van der Waals surface area contributed by atoms with Gasteiger partial charge in [0.2, 0.25) is 5.88 Å². The van der Waals surface area contributed by atoms with E-state index >= 15 is 0 Å². The van der Waals surface area contributed by atoms with E-state index in [1.54, 1.807) is 0 Å². The molecule has 0 spiro atoms. The predicted octanol–water partition coefficient (Wildman–Crippen LogP) is 9.95. The molecular weight excluding hydrogens is 592 g/mol. The molecule has 48 heavy (non-hydrogen) atoms. The predicted molar refractivity (Wildman–Crippen MR) is 195 cm³/mol. The molecule has 6 nitrogen and oxygen atoms in total. The molecule has 2 aromatic heterocycles. The number of rotatable bonds is 4. The fourth-order valence-corrected chi connectivity index (χ4v) is 7.47. The summed E-state index contributed by atoms with van der Waals surface area (Å²) < 4.78 is 12.5. The molecule has 2 aliphatic rings. The third-order valence-electron chi connectivity index (χ3n) is 9.63. The fraction of sp³-hybridized carbons (Fsp3) is 0.0714. The van der Waals surface area contributed by atoms with Crippen molar-refractivity contribution in [3.8, 4) is 11.1 Å². The summed E-state index contributed by atoms with van der Waals surface area (Å²) in [5, 5.41) is 16.8. The largest absolute Gasteiger partial charge is 0.456 e. The first-order valence-corrected chi connectivity index (χ1v) is 16.3. The number of nitrogens with zero attached hydrogens (tertiary/aromatic N) is 1. The van der Waals surface area contributed by atoms with Gasteiger partial charge in [-0.1, -0.05) is 121 Å². The van der Waals surface area contributed by atoms with E-state index < -0.39 is 0 Å². The van der Waals surface area contributed by atoms with E-state index in [1.165, 1.54) is 16.3 Å². The summed E-state index contributed by atoms with van der Waals surface area (Å²) in [6.45, 7) is 0.656. The molecule has 230 valence electrons. The van der Waals surface area contributed by atoms with E-state index in [4.69, 9.17) is 13.8 Å². The van der Waals surface area contributed by atoms with Gasteiger partial charge in [0, 0.05) is 28.3 Å². The number of furan rings is 2. The van der Waals surface area contributed by atoms with Crippen LogP contribution in [0.2, 0.25) is 0 Å². The number of anilines is 1. The number of amidine groups is 1. The van der Waals surface area contributed by atoms with Gasteiger partial charge in [0.15, 0.2) is 0 Å². The molecule has 6 heteroatoms. The van der Waals surface area contributed by atoms with Crippen molar-refractivity contribution in [1.29, 1.82) is 0 Å². The van der Waals surface area contributed by atoms with Crippen molar-refractivity contribution >= 4 is 61.0 Å². The summed E-state index contributed by atoms with van der Waals surface area (Å²) in [7, 11) is 0. The monoisotopic (exact) mass is 622 g/mol. The van der Waals surface area contributed by atoms with E-state index in [9.17, 15) is 0 Å². The summed E-state index contributed by atoms with van der Waals surface area (Å²) in [5.74, 6) is 1.62. The Morgan fingerprint density at radius 2 is 1.29 bits per heavy atom. The quantitative estimate of drug-likeness (QED) is 0.182. The zero-order valence-corrected chi connectivity index (χ0v) is 25.9. The first kappa shape index (κ1) is 27.0. The molecule has 2 atom stereocenters. The lowest BCUT2D eigenvalue weighted by Gasteiger charge is -2.34. The molecule has 0 saturated heterocycles.